The van der Waals surface area contributed by atoms with Crippen LogP contribution in [-0.2, 0) is 4.74 Å². The Kier molecular flexibility index (Phi) is 1.30. The third kappa shape index (κ3) is 1.14. The summed E-state index contributed by atoms with van der Waals surface area (Å²) in [6.45, 7) is 2.80. The summed E-state index contributed by atoms with van der Waals surface area (Å²) in [6, 6.07) is 0.301. The number of hydrogen-bond acceptors (Lipinski definition) is 2. The molecule has 2 nitrogen and oxygen atoms in total. The lowest BCUT2D eigenvalue weighted by Gasteiger charge is -1.94. The van der Waals surface area contributed by atoms with Crippen molar-refractivity contribution in [1.82, 2.24) is 0 Å². The minimum atomic E-state index is 0.301. The number of hydrogen-bond donors (Lipinski definition) is 1. The summed E-state index contributed by atoms with van der Waals surface area (Å²) in [7, 11) is 0. The molecule has 0 spiro atoms. The second kappa shape index (κ2) is 1.80. The fourth-order valence-corrected chi connectivity index (χ4v) is 0.850. The third-order valence-corrected chi connectivity index (χ3v) is 1.23. The van der Waals surface area contributed by atoms with Crippen molar-refractivity contribution in [3.63, 3.8) is 0 Å². The van der Waals surface area contributed by atoms with Crippen molar-refractivity contribution in [2.24, 2.45) is 5.73 Å². The van der Waals surface area contributed by atoms with Gasteiger partial charge >= 0.3 is 0 Å². The Morgan fingerprint density at radius 1 is 1.71 bits per heavy atom. The van der Waals surface area contributed by atoms with Crippen molar-refractivity contribution in [3.8, 4) is 0 Å². The van der Waals surface area contributed by atoms with Gasteiger partial charge in [-0.05, 0) is 13.3 Å². The molecule has 1 fully saturated rings. The van der Waals surface area contributed by atoms with Crippen LogP contribution in [0.3, 0.4) is 0 Å². The van der Waals surface area contributed by atoms with E-state index in [1.807, 2.05) is 6.92 Å². The Morgan fingerprint density at radius 3 is 2.57 bits per heavy atom. The van der Waals surface area contributed by atoms with Gasteiger partial charge in [0.05, 0.1) is 12.7 Å². The molecule has 0 saturated carbocycles. The first-order valence-electron chi connectivity index (χ1n) is 2.66. The zero-order valence-electron chi connectivity index (χ0n) is 4.55. The third-order valence-electron chi connectivity index (χ3n) is 1.23. The van der Waals surface area contributed by atoms with Gasteiger partial charge < -0.3 is 10.5 Å². The van der Waals surface area contributed by atoms with Crippen molar-refractivity contribution in [1.29, 1.82) is 0 Å². The Hall–Kier alpha value is -0.0800. The van der Waals surface area contributed by atoms with E-state index in [2.05, 4.69) is 0 Å². The number of ether oxygens (including phenoxy) is 1. The zero-order valence-corrected chi connectivity index (χ0v) is 4.55. The second-order valence-corrected chi connectivity index (χ2v) is 2.14. The summed E-state index contributed by atoms with van der Waals surface area (Å²) < 4.78 is 5.14. The van der Waals surface area contributed by atoms with Gasteiger partial charge in [-0.15, -0.1) is 0 Å². The smallest absolute Gasteiger partial charge is 0.0622 e. The van der Waals surface area contributed by atoms with E-state index in [0.717, 1.165) is 13.0 Å². The molecule has 0 aromatic carbocycles. The van der Waals surface area contributed by atoms with Crippen LogP contribution in [0.15, 0.2) is 0 Å². The minimum absolute atomic E-state index is 0.301. The van der Waals surface area contributed by atoms with Crippen LogP contribution in [0.5, 0.6) is 0 Å². The highest BCUT2D eigenvalue weighted by Crippen LogP contribution is 2.08. The van der Waals surface area contributed by atoms with Crippen LogP contribution in [0.1, 0.15) is 13.3 Å². The van der Waals surface area contributed by atoms with Gasteiger partial charge in [-0.1, -0.05) is 0 Å². The normalized spacial score (nSPS) is 42.0. The van der Waals surface area contributed by atoms with E-state index in [9.17, 15) is 0 Å². The topological polar surface area (TPSA) is 35.2 Å². The average molecular weight is 101 g/mol. The van der Waals surface area contributed by atoms with Gasteiger partial charge in [0.1, 0.15) is 0 Å². The molecular weight excluding hydrogens is 90.1 g/mol. The molecule has 0 aliphatic carbocycles. The summed E-state index contributed by atoms with van der Waals surface area (Å²) in [5.41, 5.74) is 5.50. The van der Waals surface area contributed by atoms with Crippen LogP contribution in [0.2, 0.25) is 0 Å². The molecule has 0 aromatic rings. The lowest BCUT2D eigenvalue weighted by atomic mass is 10.2. The summed E-state index contributed by atoms with van der Waals surface area (Å²) >= 11 is 0. The van der Waals surface area contributed by atoms with Crippen LogP contribution in [-0.4, -0.2) is 18.8 Å². The second-order valence-electron chi connectivity index (χ2n) is 2.14. The Bertz CT molecular complexity index is 57.1. The van der Waals surface area contributed by atoms with Crippen molar-refractivity contribution >= 4 is 0 Å². The fraction of sp³-hybridized carbons (Fsp3) is 1.00. The summed E-state index contributed by atoms with van der Waals surface area (Å²) in [6.07, 6.45) is 1.43. The molecule has 0 bridgehead atoms. The molecule has 1 saturated heterocycles. The SMILES string of the molecule is C[C@@H]1C[C@H](N)CO1. The van der Waals surface area contributed by atoms with Gasteiger partial charge in [0, 0.05) is 6.04 Å². The van der Waals surface area contributed by atoms with Gasteiger partial charge in [0.15, 0.2) is 0 Å². The summed E-state index contributed by atoms with van der Waals surface area (Å²) in [4.78, 5) is 0. The number of nitrogens with two attached hydrogens (primary N) is 1. The molecule has 0 radical (unpaired) electrons. The predicted octanol–water partition coefficient (Wildman–Crippen LogP) is 0.122. The van der Waals surface area contributed by atoms with Crippen molar-refractivity contribution in [2.75, 3.05) is 6.61 Å². The Morgan fingerprint density at radius 2 is 2.43 bits per heavy atom. The molecule has 2 atom stereocenters. The van der Waals surface area contributed by atoms with Crippen LogP contribution in [0, 0.1) is 0 Å². The van der Waals surface area contributed by atoms with Gasteiger partial charge in [0.25, 0.3) is 0 Å². The summed E-state index contributed by atoms with van der Waals surface area (Å²) in [5.74, 6) is 0. The minimum Gasteiger partial charge on any atom is -0.377 e. The molecule has 1 rings (SSSR count). The monoisotopic (exact) mass is 101 g/mol. The van der Waals surface area contributed by atoms with E-state index < -0.39 is 0 Å². The van der Waals surface area contributed by atoms with Crippen LogP contribution >= 0.6 is 0 Å². The maximum atomic E-state index is 5.50. The first-order valence-corrected chi connectivity index (χ1v) is 2.66. The predicted molar refractivity (Wildman–Crippen MR) is 28.0 cm³/mol. The van der Waals surface area contributed by atoms with E-state index in [1.165, 1.54) is 0 Å². The van der Waals surface area contributed by atoms with Crippen molar-refractivity contribution in [3.05, 3.63) is 0 Å². The molecule has 1 heterocycles. The Labute approximate surface area is 43.6 Å². The largest absolute Gasteiger partial charge is 0.377 e. The molecule has 0 aromatic heterocycles. The number of rotatable bonds is 0. The van der Waals surface area contributed by atoms with Crippen LogP contribution < -0.4 is 5.73 Å². The van der Waals surface area contributed by atoms with Gasteiger partial charge in [-0.25, -0.2) is 0 Å². The van der Waals surface area contributed by atoms with E-state index in [0.29, 0.717) is 12.1 Å². The molecular formula is C5H11NO. The van der Waals surface area contributed by atoms with Gasteiger partial charge in [0.2, 0.25) is 0 Å². The fourth-order valence-electron chi connectivity index (χ4n) is 0.850. The highest BCUT2D eigenvalue weighted by molar-refractivity contribution is 4.71. The van der Waals surface area contributed by atoms with Crippen molar-refractivity contribution in [2.45, 2.75) is 25.5 Å². The van der Waals surface area contributed by atoms with Crippen molar-refractivity contribution < 1.29 is 4.74 Å². The molecule has 1 aliphatic heterocycles. The van der Waals surface area contributed by atoms with Gasteiger partial charge in [-0.3, -0.25) is 0 Å². The van der Waals surface area contributed by atoms with E-state index in [1.54, 1.807) is 0 Å². The van der Waals surface area contributed by atoms with Gasteiger partial charge in [-0.2, -0.15) is 0 Å². The molecule has 0 amide bonds. The quantitative estimate of drug-likeness (QED) is 0.470. The average Bonchev–Trinajstić information content (AvgIpc) is 1.87. The van der Waals surface area contributed by atoms with E-state index >= 15 is 0 Å². The molecule has 42 valence electrons. The van der Waals surface area contributed by atoms with Crippen LogP contribution in [0.25, 0.3) is 0 Å². The van der Waals surface area contributed by atoms with E-state index in [4.69, 9.17) is 10.5 Å². The molecule has 2 heteroatoms. The Balaban J connectivity index is 2.26. The van der Waals surface area contributed by atoms with Crippen LogP contribution in [0.4, 0.5) is 0 Å². The highest BCUT2D eigenvalue weighted by atomic mass is 16.5. The maximum Gasteiger partial charge on any atom is 0.0622 e. The first-order chi connectivity index (χ1) is 3.29. The molecule has 7 heavy (non-hydrogen) atoms. The molecule has 1 aliphatic rings. The summed E-state index contributed by atoms with van der Waals surface area (Å²) in [5, 5.41) is 0. The van der Waals surface area contributed by atoms with E-state index in [-0.39, 0.29) is 0 Å². The molecule has 0 unspecified atom stereocenters. The lowest BCUT2D eigenvalue weighted by molar-refractivity contribution is 0.124. The standard InChI is InChI=1S/C5H11NO/c1-4-2-5(6)3-7-4/h4-5H,2-3,6H2,1H3/t4-,5+/m1/s1. The first kappa shape index (κ1) is 5.06. The lowest BCUT2D eigenvalue weighted by Crippen LogP contribution is -2.18. The maximum absolute atomic E-state index is 5.50. The molecule has 2 N–H and O–H groups in total. The zero-order chi connectivity index (χ0) is 5.28. The highest BCUT2D eigenvalue weighted by Gasteiger charge is 2.16.